The molecule has 2 N–H and O–H groups in total. The van der Waals surface area contributed by atoms with Gasteiger partial charge in [0.2, 0.25) is 0 Å². The van der Waals surface area contributed by atoms with Crippen LogP contribution in [0.3, 0.4) is 0 Å². The Bertz CT molecular complexity index is 606. The summed E-state index contributed by atoms with van der Waals surface area (Å²) < 4.78 is 4.56. The molecule has 1 aromatic carbocycles. The van der Waals surface area contributed by atoms with E-state index in [0.29, 0.717) is 6.42 Å². The second-order valence-electron chi connectivity index (χ2n) is 4.49. The molecule has 0 heterocycles. The van der Waals surface area contributed by atoms with Crippen LogP contribution in [0.15, 0.2) is 24.3 Å². The van der Waals surface area contributed by atoms with Gasteiger partial charge in [0.1, 0.15) is 6.04 Å². The predicted octanol–water partition coefficient (Wildman–Crippen LogP) is 1.35. The summed E-state index contributed by atoms with van der Waals surface area (Å²) in [5.74, 6) is -2.36. The van der Waals surface area contributed by atoms with Crippen LogP contribution in [-0.2, 0) is 9.53 Å². The Balaban J connectivity index is 2.79. The third-order valence-corrected chi connectivity index (χ3v) is 2.93. The van der Waals surface area contributed by atoms with Crippen LogP contribution in [0.25, 0.3) is 0 Å². The van der Waals surface area contributed by atoms with Crippen molar-refractivity contribution in [1.82, 2.24) is 5.32 Å². The molecule has 0 aliphatic carbocycles. The Kier molecular flexibility index (Phi) is 6.57. The summed E-state index contributed by atoms with van der Waals surface area (Å²) >= 11 is 0. The van der Waals surface area contributed by atoms with Crippen molar-refractivity contribution in [2.75, 3.05) is 7.11 Å². The molecule has 7 heteroatoms. The average molecular weight is 304 g/mol. The molecule has 7 nitrogen and oxygen atoms in total. The highest BCUT2D eigenvalue weighted by atomic mass is 16.5. The maximum Gasteiger partial charge on any atom is 0.337 e. The molecular formula is C15H16N2O5. The average Bonchev–Trinajstić information content (AvgIpc) is 2.53. The normalized spacial score (nSPS) is 11.1. The van der Waals surface area contributed by atoms with Crippen molar-refractivity contribution in [3.05, 3.63) is 35.4 Å². The number of hydrogen-bond acceptors (Lipinski definition) is 5. The van der Waals surface area contributed by atoms with Crippen LogP contribution >= 0.6 is 0 Å². The lowest BCUT2D eigenvalue weighted by molar-refractivity contribution is -0.139. The number of methoxy groups -OCH3 is 1. The van der Waals surface area contributed by atoms with E-state index < -0.39 is 23.9 Å². The number of benzene rings is 1. The number of nitrogens with zero attached hydrogens (tertiary/aromatic N) is 1. The molecule has 0 bridgehead atoms. The zero-order valence-electron chi connectivity index (χ0n) is 12.0. The number of carbonyl (C=O) groups excluding carboxylic acids is 2. The molecule has 0 aliphatic rings. The van der Waals surface area contributed by atoms with Gasteiger partial charge in [0, 0.05) is 12.0 Å². The largest absolute Gasteiger partial charge is 0.480 e. The minimum atomic E-state index is -1.17. The van der Waals surface area contributed by atoms with Gasteiger partial charge in [-0.3, -0.25) is 4.79 Å². The maximum atomic E-state index is 12.1. The van der Waals surface area contributed by atoms with E-state index in [0.717, 1.165) is 0 Å². The van der Waals surface area contributed by atoms with Crippen molar-refractivity contribution < 1.29 is 24.2 Å². The smallest absolute Gasteiger partial charge is 0.337 e. The summed E-state index contributed by atoms with van der Waals surface area (Å²) in [4.78, 5) is 34.6. The summed E-state index contributed by atoms with van der Waals surface area (Å²) in [6.45, 7) is 0. The van der Waals surface area contributed by atoms with E-state index in [4.69, 9.17) is 10.4 Å². The summed E-state index contributed by atoms with van der Waals surface area (Å²) in [6.07, 6.45) is 0.749. The van der Waals surface area contributed by atoms with Gasteiger partial charge in [0.15, 0.2) is 0 Å². The van der Waals surface area contributed by atoms with E-state index in [9.17, 15) is 14.4 Å². The van der Waals surface area contributed by atoms with Crippen LogP contribution in [0.5, 0.6) is 0 Å². The first kappa shape index (κ1) is 17.2. The van der Waals surface area contributed by atoms with E-state index in [1.54, 1.807) is 0 Å². The minimum absolute atomic E-state index is 0.158. The molecule has 0 spiro atoms. The molecule has 22 heavy (non-hydrogen) atoms. The van der Waals surface area contributed by atoms with Gasteiger partial charge in [-0.15, -0.1) is 0 Å². The summed E-state index contributed by atoms with van der Waals surface area (Å²) in [5, 5.41) is 19.9. The van der Waals surface area contributed by atoms with Crippen LogP contribution < -0.4 is 5.32 Å². The van der Waals surface area contributed by atoms with Crippen molar-refractivity contribution in [3.8, 4) is 6.07 Å². The van der Waals surface area contributed by atoms with Gasteiger partial charge in [-0.25, -0.2) is 9.59 Å². The van der Waals surface area contributed by atoms with Gasteiger partial charge in [-0.05, 0) is 31.0 Å². The topological polar surface area (TPSA) is 116 Å². The van der Waals surface area contributed by atoms with E-state index in [1.807, 2.05) is 6.07 Å². The zero-order chi connectivity index (χ0) is 16.5. The van der Waals surface area contributed by atoms with Crippen molar-refractivity contribution in [2.45, 2.75) is 25.3 Å². The molecule has 1 aromatic rings. The lowest BCUT2D eigenvalue weighted by Gasteiger charge is -2.14. The Morgan fingerprint density at radius 1 is 1.36 bits per heavy atom. The van der Waals surface area contributed by atoms with Crippen molar-refractivity contribution in [2.24, 2.45) is 0 Å². The van der Waals surface area contributed by atoms with Gasteiger partial charge in [-0.2, -0.15) is 5.26 Å². The number of aliphatic carboxylic acids is 1. The number of esters is 1. The molecular weight excluding hydrogens is 288 g/mol. The number of carboxylic acid groups (broad SMARTS) is 1. The van der Waals surface area contributed by atoms with E-state index in [2.05, 4.69) is 10.1 Å². The van der Waals surface area contributed by atoms with Gasteiger partial charge in [0.25, 0.3) is 5.91 Å². The van der Waals surface area contributed by atoms with Gasteiger partial charge < -0.3 is 15.2 Å². The first-order valence-corrected chi connectivity index (χ1v) is 6.58. The zero-order valence-corrected chi connectivity index (χ0v) is 12.0. The molecule has 0 saturated heterocycles. The number of rotatable bonds is 7. The highest BCUT2D eigenvalue weighted by Gasteiger charge is 2.20. The third kappa shape index (κ3) is 4.90. The summed E-state index contributed by atoms with van der Waals surface area (Å²) in [7, 11) is 1.23. The number of nitrogens with one attached hydrogen (secondary N) is 1. The van der Waals surface area contributed by atoms with Crippen LogP contribution in [0.1, 0.15) is 40.0 Å². The molecule has 1 amide bonds. The SMILES string of the molecule is COC(=O)c1cccc(C(=O)N[C@@H](CCCC#N)C(=O)O)c1. The first-order valence-electron chi connectivity index (χ1n) is 6.58. The second kappa shape index (κ2) is 8.42. The number of carbonyl (C=O) groups is 3. The number of ether oxygens (including phenoxy) is 1. The maximum absolute atomic E-state index is 12.1. The number of carboxylic acids is 1. The van der Waals surface area contributed by atoms with Crippen molar-refractivity contribution in [1.29, 1.82) is 5.26 Å². The van der Waals surface area contributed by atoms with Gasteiger partial charge in [0.05, 0.1) is 18.7 Å². The fourth-order valence-corrected chi connectivity index (χ4v) is 1.79. The molecule has 1 atom stereocenters. The molecule has 1 rings (SSSR count). The number of amides is 1. The van der Waals surface area contributed by atoms with Gasteiger partial charge in [-0.1, -0.05) is 6.07 Å². The molecule has 0 aliphatic heterocycles. The number of unbranched alkanes of at least 4 members (excludes halogenated alkanes) is 1. The Morgan fingerprint density at radius 3 is 2.64 bits per heavy atom. The number of hydrogen-bond donors (Lipinski definition) is 2. The minimum Gasteiger partial charge on any atom is -0.480 e. The molecule has 0 unspecified atom stereocenters. The second-order valence-corrected chi connectivity index (χ2v) is 4.49. The first-order chi connectivity index (χ1) is 10.5. The predicted molar refractivity (Wildman–Crippen MR) is 76.1 cm³/mol. The molecule has 0 saturated carbocycles. The summed E-state index contributed by atoms with van der Waals surface area (Å²) in [6, 6.07) is 6.63. The molecule has 0 radical (unpaired) electrons. The van der Waals surface area contributed by atoms with E-state index >= 15 is 0 Å². The van der Waals surface area contributed by atoms with E-state index in [-0.39, 0.29) is 24.0 Å². The Morgan fingerprint density at radius 2 is 2.05 bits per heavy atom. The van der Waals surface area contributed by atoms with Crippen molar-refractivity contribution >= 4 is 17.8 Å². The fraction of sp³-hybridized carbons (Fsp3) is 0.333. The van der Waals surface area contributed by atoms with Crippen LogP contribution in [0.2, 0.25) is 0 Å². The lowest BCUT2D eigenvalue weighted by atomic mass is 10.1. The highest BCUT2D eigenvalue weighted by Crippen LogP contribution is 2.08. The standard InChI is InChI=1S/C15H16N2O5/c1-22-15(21)11-6-4-5-10(9-11)13(18)17-12(14(19)20)7-2-3-8-16/h4-6,9,12H,2-3,7H2,1H3,(H,17,18)(H,19,20)/t12-/m0/s1. The van der Waals surface area contributed by atoms with Gasteiger partial charge >= 0.3 is 11.9 Å². The highest BCUT2D eigenvalue weighted by molar-refractivity contribution is 5.99. The molecule has 0 fully saturated rings. The van der Waals surface area contributed by atoms with Crippen molar-refractivity contribution in [3.63, 3.8) is 0 Å². The van der Waals surface area contributed by atoms with Crippen LogP contribution in [-0.4, -0.2) is 36.1 Å². The van der Waals surface area contributed by atoms with E-state index in [1.165, 1.54) is 31.4 Å². The Labute approximate surface area is 127 Å². The monoisotopic (exact) mass is 304 g/mol. The quantitative estimate of drug-likeness (QED) is 0.580. The lowest BCUT2D eigenvalue weighted by Crippen LogP contribution is -2.40. The fourth-order valence-electron chi connectivity index (χ4n) is 1.79. The van der Waals surface area contributed by atoms with Crippen LogP contribution in [0.4, 0.5) is 0 Å². The number of nitriles is 1. The Hall–Kier alpha value is -2.88. The third-order valence-electron chi connectivity index (χ3n) is 2.93. The molecule has 0 aromatic heterocycles. The van der Waals surface area contributed by atoms with Crippen LogP contribution in [0, 0.1) is 11.3 Å². The summed E-state index contributed by atoms with van der Waals surface area (Å²) in [5.41, 5.74) is 0.362. The molecule has 116 valence electrons.